The molecule has 0 saturated carbocycles. The van der Waals surface area contributed by atoms with Gasteiger partial charge in [0.15, 0.2) is 6.61 Å². The van der Waals surface area contributed by atoms with Crippen LogP contribution in [0.5, 0.6) is 0 Å². The van der Waals surface area contributed by atoms with Crippen LogP contribution in [0.15, 0.2) is 65.3 Å². The summed E-state index contributed by atoms with van der Waals surface area (Å²) in [5.74, 6) is -2.23. The molecule has 1 N–H and O–H groups in total. The largest absolute Gasteiger partial charge is 0.457 e. The highest BCUT2D eigenvalue weighted by atomic mass is 19.4. The van der Waals surface area contributed by atoms with E-state index in [4.69, 9.17) is 9.15 Å². The van der Waals surface area contributed by atoms with Gasteiger partial charge in [-0.3, -0.25) is 14.9 Å². The maximum absolute atomic E-state index is 13.2. The first-order chi connectivity index (χ1) is 14.7. The van der Waals surface area contributed by atoms with Crippen LogP contribution in [0, 0.1) is 10.1 Å². The topological polar surface area (TPSA) is 112 Å². The third-order valence-electron chi connectivity index (χ3n) is 4.06. The van der Waals surface area contributed by atoms with E-state index in [1.165, 1.54) is 12.3 Å². The lowest BCUT2D eigenvalue weighted by Crippen LogP contribution is -2.23. The fourth-order valence-corrected chi connectivity index (χ4v) is 2.68. The summed E-state index contributed by atoms with van der Waals surface area (Å²) >= 11 is 0. The first kappa shape index (κ1) is 21.6. The SMILES string of the molecule is O=C(COC(=O)c1occc1-c1ccccc1)Nc1ccc([N+](=O)[O-])cc1C(F)(F)F. The Morgan fingerprint density at radius 3 is 2.45 bits per heavy atom. The highest BCUT2D eigenvalue weighted by Crippen LogP contribution is 2.37. The first-order valence-corrected chi connectivity index (χ1v) is 8.62. The van der Waals surface area contributed by atoms with E-state index in [1.807, 2.05) is 5.32 Å². The van der Waals surface area contributed by atoms with Crippen LogP contribution in [-0.4, -0.2) is 23.4 Å². The van der Waals surface area contributed by atoms with E-state index in [9.17, 15) is 32.9 Å². The van der Waals surface area contributed by atoms with Crippen molar-refractivity contribution in [3.8, 4) is 11.1 Å². The van der Waals surface area contributed by atoms with Crippen LogP contribution in [0.1, 0.15) is 16.1 Å². The highest BCUT2D eigenvalue weighted by Gasteiger charge is 2.35. The van der Waals surface area contributed by atoms with Gasteiger partial charge in [0.05, 0.1) is 22.4 Å². The maximum Gasteiger partial charge on any atom is 0.418 e. The van der Waals surface area contributed by atoms with Crippen molar-refractivity contribution in [1.82, 2.24) is 0 Å². The average Bonchev–Trinajstić information content (AvgIpc) is 3.22. The highest BCUT2D eigenvalue weighted by molar-refractivity contribution is 5.98. The van der Waals surface area contributed by atoms with E-state index in [0.29, 0.717) is 17.2 Å². The molecule has 160 valence electrons. The van der Waals surface area contributed by atoms with Crippen LogP contribution in [0.2, 0.25) is 0 Å². The standard InChI is InChI=1S/C20H13F3N2O6/c21-20(22,23)15-10-13(25(28)29)6-7-16(15)24-17(26)11-31-19(27)18-14(8-9-30-18)12-4-2-1-3-5-12/h1-10H,11H2,(H,24,26). The molecule has 11 heteroatoms. The van der Waals surface area contributed by atoms with Gasteiger partial charge in [0.25, 0.3) is 11.6 Å². The number of ether oxygens (including phenoxy) is 1. The summed E-state index contributed by atoms with van der Waals surface area (Å²) in [5, 5.41) is 12.7. The molecule has 8 nitrogen and oxygen atoms in total. The quantitative estimate of drug-likeness (QED) is 0.343. The number of esters is 1. The van der Waals surface area contributed by atoms with Crippen molar-refractivity contribution in [2.75, 3.05) is 11.9 Å². The van der Waals surface area contributed by atoms with Crippen molar-refractivity contribution in [2.45, 2.75) is 6.18 Å². The molecule has 0 bridgehead atoms. The minimum atomic E-state index is -4.95. The number of nitro benzene ring substituents is 1. The molecular weight excluding hydrogens is 421 g/mol. The van der Waals surface area contributed by atoms with Gasteiger partial charge in [-0.2, -0.15) is 13.2 Å². The van der Waals surface area contributed by atoms with Gasteiger partial charge in [0.1, 0.15) is 0 Å². The number of amides is 1. The molecule has 1 aromatic heterocycles. The Morgan fingerprint density at radius 1 is 1.10 bits per heavy atom. The molecule has 0 spiro atoms. The second kappa shape index (κ2) is 8.69. The Hall–Kier alpha value is -4.15. The third-order valence-corrected chi connectivity index (χ3v) is 4.06. The Balaban J connectivity index is 1.70. The normalized spacial score (nSPS) is 11.1. The molecule has 0 fully saturated rings. The zero-order valence-electron chi connectivity index (χ0n) is 15.5. The zero-order valence-corrected chi connectivity index (χ0v) is 15.5. The van der Waals surface area contributed by atoms with E-state index in [1.54, 1.807) is 30.3 Å². The number of carbonyl (C=O) groups is 2. The Labute approximate surface area is 172 Å². The lowest BCUT2D eigenvalue weighted by atomic mass is 10.1. The molecule has 0 aliphatic rings. The monoisotopic (exact) mass is 434 g/mol. The Bertz CT molecular complexity index is 1130. The molecule has 31 heavy (non-hydrogen) atoms. The van der Waals surface area contributed by atoms with Crippen molar-refractivity contribution in [3.63, 3.8) is 0 Å². The third kappa shape index (κ3) is 5.07. The van der Waals surface area contributed by atoms with E-state index >= 15 is 0 Å². The molecule has 0 aliphatic heterocycles. The number of non-ortho nitro benzene ring substituents is 1. The molecule has 0 saturated heterocycles. The number of alkyl halides is 3. The second-order valence-electron chi connectivity index (χ2n) is 6.14. The summed E-state index contributed by atoms with van der Waals surface area (Å²) in [6.45, 7) is -0.901. The van der Waals surface area contributed by atoms with Crippen LogP contribution in [0.25, 0.3) is 11.1 Å². The number of benzene rings is 2. The van der Waals surface area contributed by atoms with Crippen molar-refractivity contribution in [2.24, 2.45) is 0 Å². The number of nitrogens with zero attached hydrogens (tertiary/aromatic N) is 1. The fraction of sp³-hybridized carbons (Fsp3) is 0.100. The summed E-state index contributed by atoms with van der Waals surface area (Å²) in [7, 11) is 0. The Kier molecular flexibility index (Phi) is 6.05. The van der Waals surface area contributed by atoms with Crippen molar-refractivity contribution in [1.29, 1.82) is 0 Å². The molecule has 3 aromatic rings. The van der Waals surface area contributed by atoms with Crippen molar-refractivity contribution >= 4 is 23.3 Å². The number of hydrogen-bond acceptors (Lipinski definition) is 6. The minimum absolute atomic E-state index is 0.176. The number of rotatable bonds is 6. The van der Waals surface area contributed by atoms with Gasteiger partial charge in [-0.1, -0.05) is 30.3 Å². The smallest absolute Gasteiger partial charge is 0.418 e. The molecule has 0 radical (unpaired) electrons. The number of halogens is 3. The number of nitro groups is 1. The van der Waals surface area contributed by atoms with Gasteiger partial charge in [0.2, 0.25) is 5.76 Å². The van der Waals surface area contributed by atoms with Crippen LogP contribution in [0.3, 0.4) is 0 Å². The molecular formula is C20H13F3N2O6. The van der Waals surface area contributed by atoms with Crippen LogP contribution < -0.4 is 5.32 Å². The van der Waals surface area contributed by atoms with Gasteiger partial charge in [-0.25, -0.2) is 4.79 Å². The van der Waals surface area contributed by atoms with Gasteiger partial charge in [-0.05, 0) is 17.7 Å². The van der Waals surface area contributed by atoms with Gasteiger partial charge < -0.3 is 14.5 Å². The van der Waals surface area contributed by atoms with Gasteiger partial charge >= 0.3 is 12.1 Å². The van der Waals surface area contributed by atoms with Crippen molar-refractivity contribution in [3.05, 3.63) is 82.3 Å². The van der Waals surface area contributed by atoms with Crippen LogP contribution >= 0.6 is 0 Å². The maximum atomic E-state index is 13.2. The average molecular weight is 434 g/mol. The number of hydrogen-bond donors (Lipinski definition) is 1. The van der Waals surface area contributed by atoms with Crippen LogP contribution in [-0.2, 0) is 15.7 Å². The summed E-state index contributed by atoms with van der Waals surface area (Å²) in [4.78, 5) is 34.0. The molecule has 1 heterocycles. The number of nitrogens with one attached hydrogen (secondary N) is 1. The summed E-state index contributed by atoms with van der Waals surface area (Å²) in [6, 6.07) is 12.1. The predicted molar refractivity (Wildman–Crippen MR) is 101 cm³/mol. The lowest BCUT2D eigenvalue weighted by molar-refractivity contribution is -0.385. The fourth-order valence-electron chi connectivity index (χ4n) is 2.68. The molecule has 0 aliphatic carbocycles. The molecule has 3 rings (SSSR count). The van der Waals surface area contributed by atoms with Gasteiger partial charge in [-0.15, -0.1) is 0 Å². The second-order valence-corrected chi connectivity index (χ2v) is 6.14. The molecule has 2 aromatic carbocycles. The first-order valence-electron chi connectivity index (χ1n) is 8.62. The molecule has 0 atom stereocenters. The lowest BCUT2D eigenvalue weighted by Gasteiger charge is -2.13. The zero-order chi connectivity index (χ0) is 22.6. The minimum Gasteiger partial charge on any atom is -0.457 e. The van der Waals surface area contributed by atoms with E-state index in [-0.39, 0.29) is 5.76 Å². The van der Waals surface area contributed by atoms with Crippen LogP contribution in [0.4, 0.5) is 24.5 Å². The molecule has 1 amide bonds. The number of carbonyl (C=O) groups excluding carboxylic acids is 2. The molecule has 0 unspecified atom stereocenters. The van der Waals surface area contributed by atoms with E-state index < -0.39 is 46.5 Å². The van der Waals surface area contributed by atoms with Gasteiger partial charge in [0, 0.05) is 17.7 Å². The Morgan fingerprint density at radius 2 is 1.81 bits per heavy atom. The number of anilines is 1. The predicted octanol–water partition coefficient (Wildman–Crippen LogP) is 4.67. The summed E-state index contributed by atoms with van der Waals surface area (Å²) in [5.41, 5.74) is -1.82. The number of furan rings is 1. The van der Waals surface area contributed by atoms with E-state index in [2.05, 4.69) is 0 Å². The van der Waals surface area contributed by atoms with Crippen molar-refractivity contribution < 1.29 is 36.8 Å². The van der Waals surface area contributed by atoms with E-state index in [0.717, 1.165) is 12.1 Å². The summed E-state index contributed by atoms with van der Waals surface area (Å²) in [6.07, 6.45) is -3.70. The summed E-state index contributed by atoms with van der Waals surface area (Å²) < 4.78 is 49.5.